The van der Waals surface area contributed by atoms with E-state index in [1.54, 1.807) is 43.5 Å². The van der Waals surface area contributed by atoms with Crippen molar-refractivity contribution >= 4 is 52.5 Å². The summed E-state index contributed by atoms with van der Waals surface area (Å²) in [6.07, 6.45) is 3.12. The lowest BCUT2D eigenvalue weighted by Crippen LogP contribution is -2.09. The zero-order valence-corrected chi connectivity index (χ0v) is 20.1. The van der Waals surface area contributed by atoms with Crippen LogP contribution in [0.4, 0.5) is 5.69 Å². The summed E-state index contributed by atoms with van der Waals surface area (Å²) in [5, 5.41) is 4.40. The fraction of sp³-hybridized carbons (Fsp3) is 0.160. The van der Waals surface area contributed by atoms with Gasteiger partial charge < -0.3 is 14.8 Å². The molecular formula is C25H22Cl3NO3. The van der Waals surface area contributed by atoms with Crippen molar-refractivity contribution in [3.8, 4) is 11.5 Å². The second-order valence-electron chi connectivity index (χ2n) is 7.16. The van der Waals surface area contributed by atoms with Crippen LogP contribution < -0.4 is 14.8 Å². The molecule has 0 aliphatic heterocycles. The molecule has 0 heterocycles. The summed E-state index contributed by atoms with van der Waals surface area (Å²) in [6.45, 7) is 4.05. The molecule has 0 radical (unpaired) electrons. The van der Waals surface area contributed by atoms with Crippen molar-refractivity contribution in [3.05, 3.63) is 91.9 Å². The first-order chi connectivity index (χ1) is 15.3. The molecule has 0 bridgehead atoms. The van der Waals surface area contributed by atoms with Gasteiger partial charge in [0.25, 0.3) is 0 Å². The summed E-state index contributed by atoms with van der Waals surface area (Å²) in [7, 11) is 1.55. The minimum atomic E-state index is -0.286. The molecule has 0 spiro atoms. The molecule has 1 amide bonds. The molecule has 0 aliphatic carbocycles. The van der Waals surface area contributed by atoms with Gasteiger partial charge in [0.1, 0.15) is 6.61 Å². The maximum absolute atomic E-state index is 12.4. The van der Waals surface area contributed by atoms with Gasteiger partial charge in [0.15, 0.2) is 11.5 Å². The van der Waals surface area contributed by atoms with Crippen LogP contribution in [0.15, 0.2) is 54.6 Å². The zero-order valence-electron chi connectivity index (χ0n) is 17.8. The molecule has 1 N–H and O–H groups in total. The van der Waals surface area contributed by atoms with E-state index in [2.05, 4.69) is 5.32 Å². The van der Waals surface area contributed by atoms with Crippen LogP contribution in [0, 0.1) is 13.8 Å². The van der Waals surface area contributed by atoms with E-state index in [1.807, 2.05) is 32.0 Å². The maximum atomic E-state index is 12.4. The number of nitrogens with one attached hydrogen (secondary N) is 1. The Balaban J connectivity index is 1.70. The zero-order chi connectivity index (χ0) is 23.3. The number of halogens is 3. The van der Waals surface area contributed by atoms with Crippen LogP contribution >= 0.6 is 34.8 Å². The second kappa shape index (κ2) is 10.8. The van der Waals surface area contributed by atoms with Gasteiger partial charge in [-0.15, -0.1) is 0 Å². The van der Waals surface area contributed by atoms with Crippen molar-refractivity contribution in [1.29, 1.82) is 0 Å². The molecule has 0 atom stereocenters. The normalized spacial score (nSPS) is 10.9. The first kappa shape index (κ1) is 24.0. The minimum Gasteiger partial charge on any atom is -0.493 e. The van der Waals surface area contributed by atoms with E-state index < -0.39 is 0 Å². The molecule has 3 aromatic carbocycles. The molecular weight excluding hydrogens is 469 g/mol. The van der Waals surface area contributed by atoms with E-state index in [-0.39, 0.29) is 12.5 Å². The fourth-order valence-corrected chi connectivity index (χ4v) is 4.01. The molecule has 3 aromatic rings. The number of hydrogen-bond acceptors (Lipinski definition) is 3. The Kier molecular flexibility index (Phi) is 8.08. The SMILES string of the molecule is COc1cc(C=CC(=O)Nc2c(C)cc(C)cc2Cl)ccc1OCc1c(Cl)cccc1Cl. The average molecular weight is 491 g/mol. The van der Waals surface area contributed by atoms with Crippen molar-refractivity contribution in [1.82, 2.24) is 0 Å². The lowest BCUT2D eigenvalue weighted by Gasteiger charge is -2.13. The van der Waals surface area contributed by atoms with Gasteiger partial charge in [0.2, 0.25) is 5.91 Å². The van der Waals surface area contributed by atoms with Gasteiger partial charge in [0.05, 0.1) is 17.8 Å². The number of ether oxygens (including phenoxy) is 2. The van der Waals surface area contributed by atoms with Crippen molar-refractivity contribution in [3.63, 3.8) is 0 Å². The Morgan fingerprint density at radius 2 is 1.69 bits per heavy atom. The Labute approximate surface area is 202 Å². The number of rotatable bonds is 7. The van der Waals surface area contributed by atoms with Crippen LogP contribution in [0.25, 0.3) is 6.08 Å². The van der Waals surface area contributed by atoms with Gasteiger partial charge in [-0.05, 0) is 66.9 Å². The summed E-state index contributed by atoms with van der Waals surface area (Å²) in [4.78, 5) is 12.4. The third-order valence-corrected chi connectivity index (χ3v) is 5.73. The van der Waals surface area contributed by atoms with E-state index >= 15 is 0 Å². The van der Waals surface area contributed by atoms with Gasteiger partial charge in [-0.2, -0.15) is 0 Å². The highest BCUT2D eigenvalue weighted by atomic mass is 35.5. The van der Waals surface area contributed by atoms with Crippen LogP contribution in [-0.4, -0.2) is 13.0 Å². The molecule has 4 nitrogen and oxygen atoms in total. The summed E-state index contributed by atoms with van der Waals surface area (Å²) in [5.41, 5.74) is 4.01. The Hall–Kier alpha value is -2.66. The van der Waals surface area contributed by atoms with Crippen LogP contribution in [-0.2, 0) is 11.4 Å². The molecule has 32 heavy (non-hydrogen) atoms. The number of amides is 1. The lowest BCUT2D eigenvalue weighted by molar-refractivity contribution is -0.111. The standard InChI is InChI=1S/C25H22Cl3NO3/c1-15-11-16(2)25(21(28)12-15)29-24(30)10-8-17-7-9-22(23(13-17)31-3)32-14-18-19(26)5-4-6-20(18)27/h4-13H,14H2,1-3H3,(H,29,30). The van der Waals surface area contributed by atoms with Crippen molar-refractivity contribution in [2.75, 3.05) is 12.4 Å². The van der Waals surface area contributed by atoms with Crippen molar-refractivity contribution in [2.45, 2.75) is 20.5 Å². The smallest absolute Gasteiger partial charge is 0.248 e. The predicted octanol–water partition coefficient (Wildman–Crippen LogP) is 7.50. The summed E-state index contributed by atoms with van der Waals surface area (Å²) in [5.74, 6) is 0.770. The summed E-state index contributed by atoms with van der Waals surface area (Å²) < 4.78 is 11.3. The Bertz CT molecular complexity index is 1130. The molecule has 0 fully saturated rings. The number of benzene rings is 3. The van der Waals surface area contributed by atoms with Gasteiger partial charge in [-0.25, -0.2) is 0 Å². The molecule has 3 rings (SSSR count). The van der Waals surface area contributed by atoms with E-state index in [4.69, 9.17) is 44.3 Å². The van der Waals surface area contributed by atoms with E-state index in [9.17, 15) is 4.79 Å². The summed E-state index contributed by atoms with van der Waals surface area (Å²) >= 11 is 18.7. The molecule has 0 aromatic heterocycles. The maximum Gasteiger partial charge on any atom is 0.248 e. The highest BCUT2D eigenvalue weighted by Crippen LogP contribution is 2.32. The highest BCUT2D eigenvalue weighted by Gasteiger charge is 2.11. The highest BCUT2D eigenvalue weighted by molar-refractivity contribution is 6.36. The number of carbonyl (C=O) groups excluding carboxylic acids is 1. The number of hydrogen-bond donors (Lipinski definition) is 1. The average Bonchev–Trinajstić information content (AvgIpc) is 2.74. The predicted molar refractivity (Wildman–Crippen MR) is 132 cm³/mol. The minimum absolute atomic E-state index is 0.198. The third-order valence-electron chi connectivity index (χ3n) is 4.73. The largest absolute Gasteiger partial charge is 0.493 e. The Morgan fingerprint density at radius 3 is 2.34 bits per heavy atom. The quantitative estimate of drug-likeness (QED) is 0.349. The van der Waals surface area contributed by atoms with Gasteiger partial charge >= 0.3 is 0 Å². The van der Waals surface area contributed by atoms with Crippen LogP contribution in [0.5, 0.6) is 11.5 Å². The van der Waals surface area contributed by atoms with Gasteiger partial charge in [-0.1, -0.05) is 53.0 Å². The van der Waals surface area contributed by atoms with E-state index in [0.717, 1.165) is 16.7 Å². The van der Waals surface area contributed by atoms with E-state index in [0.29, 0.717) is 37.8 Å². The lowest BCUT2D eigenvalue weighted by atomic mass is 10.1. The molecule has 166 valence electrons. The third kappa shape index (κ3) is 5.98. The number of anilines is 1. The van der Waals surface area contributed by atoms with Crippen LogP contribution in [0.2, 0.25) is 15.1 Å². The molecule has 7 heteroatoms. The van der Waals surface area contributed by atoms with E-state index in [1.165, 1.54) is 6.08 Å². The van der Waals surface area contributed by atoms with Crippen LogP contribution in [0.3, 0.4) is 0 Å². The number of carbonyl (C=O) groups is 1. The molecule has 0 saturated heterocycles. The monoisotopic (exact) mass is 489 g/mol. The fourth-order valence-electron chi connectivity index (χ4n) is 3.14. The molecule has 0 aliphatic rings. The Morgan fingerprint density at radius 1 is 0.969 bits per heavy atom. The molecule has 0 unspecified atom stereocenters. The van der Waals surface area contributed by atoms with Gasteiger partial charge in [-0.3, -0.25) is 4.79 Å². The number of methoxy groups -OCH3 is 1. The molecule has 0 saturated carbocycles. The van der Waals surface area contributed by atoms with Crippen molar-refractivity contribution in [2.24, 2.45) is 0 Å². The number of aryl methyl sites for hydroxylation is 2. The second-order valence-corrected chi connectivity index (χ2v) is 8.38. The first-order valence-corrected chi connectivity index (χ1v) is 10.9. The van der Waals surface area contributed by atoms with Crippen molar-refractivity contribution < 1.29 is 14.3 Å². The summed E-state index contributed by atoms with van der Waals surface area (Å²) in [6, 6.07) is 14.4. The van der Waals surface area contributed by atoms with Crippen LogP contribution in [0.1, 0.15) is 22.3 Å². The van der Waals surface area contributed by atoms with Gasteiger partial charge in [0, 0.05) is 21.7 Å². The first-order valence-electron chi connectivity index (χ1n) is 9.78. The topological polar surface area (TPSA) is 47.6 Å².